The standard InChI is InChI=1S/C15H31N3O2S/c1-14(2)16-7-3-4-12-21(19,20)18-10-8-17(9-11-18)13-15-5-6-15/h14-16H,3-13H2,1-2H3. The molecule has 1 N–H and O–H groups in total. The van der Waals surface area contributed by atoms with E-state index in [1.807, 2.05) is 0 Å². The first-order valence-corrected chi connectivity index (χ1v) is 10.0. The van der Waals surface area contributed by atoms with Crippen molar-refractivity contribution in [1.82, 2.24) is 14.5 Å². The van der Waals surface area contributed by atoms with Crippen LogP contribution in [0.15, 0.2) is 0 Å². The van der Waals surface area contributed by atoms with Crippen LogP contribution in [0.5, 0.6) is 0 Å². The van der Waals surface area contributed by atoms with Gasteiger partial charge in [0.1, 0.15) is 0 Å². The molecular weight excluding hydrogens is 286 g/mol. The Morgan fingerprint density at radius 3 is 2.33 bits per heavy atom. The lowest BCUT2D eigenvalue weighted by molar-refractivity contribution is 0.182. The zero-order valence-corrected chi connectivity index (χ0v) is 14.4. The van der Waals surface area contributed by atoms with Gasteiger partial charge in [0.2, 0.25) is 10.0 Å². The van der Waals surface area contributed by atoms with Gasteiger partial charge in [-0.15, -0.1) is 0 Å². The van der Waals surface area contributed by atoms with Crippen molar-refractivity contribution in [2.24, 2.45) is 5.92 Å². The van der Waals surface area contributed by atoms with E-state index in [1.54, 1.807) is 4.31 Å². The van der Waals surface area contributed by atoms with Gasteiger partial charge in [0, 0.05) is 38.8 Å². The van der Waals surface area contributed by atoms with Crippen molar-refractivity contribution in [3.05, 3.63) is 0 Å². The first-order valence-electron chi connectivity index (χ1n) is 8.41. The van der Waals surface area contributed by atoms with Crippen LogP contribution in [-0.2, 0) is 10.0 Å². The molecule has 124 valence electrons. The smallest absolute Gasteiger partial charge is 0.214 e. The fraction of sp³-hybridized carbons (Fsp3) is 1.00. The summed E-state index contributed by atoms with van der Waals surface area (Å²) in [5.74, 6) is 1.19. The molecule has 0 aromatic rings. The second-order valence-corrected chi connectivity index (χ2v) is 8.86. The van der Waals surface area contributed by atoms with Crippen LogP contribution in [0.1, 0.15) is 39.5 Å². The third-order valence-electron chi connectivity index (χ3n) is 4.32. The highest BCUT2D eigenvalue weighted by Gasteiger charge is 2.29. The maximum atomic E-state index is 12.3. The highest BCUT2D eigenvalue weighted by molar-refractivity contribution is 7.89. The van der Waals surface area contributed by atoms with Crippen LogP contribution in [0.2, 0.25) is 0 Å². The number of hydrogen-bond acceptors (Lipinski definition) is 4. The Balaban J connectivity index is 1.63. The summed E-state index contributed by atoms with van der Waals surface area (Å²) in [5.41, 5.74) is 0. The van der Waals surface area contributed by atoms with Gasteiger partial charge in [0.05, 0.1) is 5.75 Å². The summed E-state index contributed by atoms with van der Waals surface area (Å²) < 4.78 is 26.3. The largest absolute Gasteiger partial charge is 0.315 e. The Morgan fingerprint density at radius 1 is 1.10 bits per heavy atom. The predicted molar refractivity (Wildman–Crippen MR) is 86.9 cm³/mol. The molecule has 1 aliphatic carbocycles. The Labute approximate surface area is 130 Å². The molecule has 2 fully saturated rings. The minimum atomic E-state index is -3.04. The van der Waals surface area contributed by atoms with E-state index >= 15 is 0 Å². The summed E-state index contributed by atoms with van der Waals surface area (Å²) in [7, 11) is -3.04. The second-order valence-electron chi connectivity index (χ2n) is 6.77. The third-order valence-corrected chi connectivity index (χ3v) is 6.28. The van der Waals surface area contributed by atoms with Crippen molar-refractivity contribution in [1.29, 1.82) is 0 Å². The average Bonchev–Trinajstić information content (AvgIpc) is 3.22. The van der Waals surface area contributed by atoms with Crippen LogP contribution in [0.3, 0.4) is 0 Å². The molecule has 1 saturated heterocycles. The molecule has 2 rings (SSSR count). The lowest BCUT2D eigenvalue weighted by Gasteiger charge is -2.34. The van der Waals surface area contributed by atoms with Gasteiger partial charge in [0.15, 0.2) is 0 Å². The Kier molecular flexibility index (Phi) is 6.47. The maximum Gasteiger partial charge on any atom is 0.214 e. The van der Waals surface area contributed by atoms with Crippen LogP contribution in [0.25, 0.3) is 0 Å². The Bertz CT molecular complexity index is 399. The normalized spacial score (nSPS) is 22.0. The summed E-state index contributed by atoms with van der Waals surface area (Å²) in [6.07, 6.45) is 4.41. The van der Waals surface area contributed by atoms with Gasteiger partial charge in [-0.1, -0.05) is 13.8 Å². The second kappa shape index (κ2) is 7.90. The monoisotopic (exact) mass is 317 g/mol. The van der Waals surface area contributed by atoms with E-state index in [0.29, 0.717) is 24.9 Å². The minimum Gasteiger partial charge on any atom is -0.315 e. The van der Waals surface area contributed by atoms with Crippen LogP contribution in [0.4, 0.5) is 0 Å². The van der Waals surface area contributed by atoms with Gasteiger partial charge in [-0.2, -0.15) is 4.31 Å². The summed E-state index contributed by atoms with van der Waals surface area (Å²) in [4.78, 5) is 2.43. The first-order chi connectivity index (χ1) is 9.97. The van der Waals surface area contributed by atoms with Crippen molar-refractivity contribution in [3.8, 4) is 0 Å². The molecule has 0 amide bonds. The molecule has 2 aliphatic rings. The Morgan fingerprint density at radius 2 is 1.76 bits per heavy atom. The van der Waals surface area contributed by atoms with E-state index < -0.39 is 10.0 Å². The van der Waals surface area contributed by atoms with E-state index in [4.69, 9.17) is 0 Å². The molecule has 1 heterocycles. The van der Waals surface area contributed by atoms with E-state index in [2.05, 4.69) is 24.1 Å². The van der Waals surface area contributed by atoms with Gasteiger partial charge < -0.3 is 10.2 Å². The Hall–Kier alpha value is -0.170. The van der Waals surface area contributed by atoms with Crippen molar-refractivity contribution in [2.75, 3.05) is 45.0 Å². The molecule has 0 atom stereocenters. The van der Waals surface area contributed by atoms with Crippen LogP contribution < -0.4 is 5.32 Å². The molecule has 0 aromatic heterocycles. The topological polar surface area (TPSA) is 52.7 Å². The predicted octanol–water partition coefficient (Wildman–Crippen LogP) is 1.12. The SMILES string of the molecule is CC(C)NCCCCS(=O)(=O)N1CCN(CC2CC2)CC1. The van der Waals surface area contributed by atoms with Gasteiger partial charge in [-0.3, -0.25) is 0 Å². The quantitative estimate of drug-likeness (QED) is 0.648. The molecule has 0 radical (unpaired) electrons. The molecular formula is C15H31N3O2S. The molecule has 6 heteroatoms. The number of rotatable bonds is 9. The summed E-state index contributed by atoms with van der Waals surface area (Å²) in [6, 6.07) is 0.473. The molecule has 1 saturated carbocycles. The summed E-state index contributed by atoms with van der Waals surface area (Å²) in [5, 5.41) is 3.33. The average molecular weight is 317 g/mol. The number of sulfonamides is 1. The fourth-order valence-corrected chi connectivity index (χ4v) is 4.33. The van der Waals surface area contributed by atoms with Crippen LogP contribution in [-0.4, -0.2) is 68.7 Å². The third kappa shape index (κ3) is 6.22. The van der Waals surface area contributed by atoms with E-state index in [-0.39, 0.29) is 0 Å². The van der Waals surface area contributed by atoms with E-state index in [1.165, 1.54) is 19.4 Å². The fourth-order valence-electron chi connectivity index (χ4n) is 2.79. The van der Waals surface area contributed by atoms with Crippen molar-refractivity contribution >= 4 is 10.0 Å². The number of unbranched alkanes of at least 4 members (excludes halogenated alkanes) is 1. The summed E-state index contributed by atoms with van der Waals surface area (Å²) in [6.45, 7) is 9.47. The zero-order chi connectivity index (χ0) is 15.3. The molecule has 21 heavy (non-hydrogen) atoms. The van der Waals surface area contributed by atoms with E-state index in [0.717, 1.165) is 38.4 Å². The maximum absolute atomic E-state index is 12.3. The molecule has 0 bridgehead atoms. The van der Waals surface area contributed by atoms with Gasteiger partial charge >= 0.3 is 0 Å². The van der Waals surface area contributed by atoms with Crippen molar-refractivity contribution in [2.45, 2.75) is 45.6 Å². The summed E-state index contributed by atoms with van der Waals surface area (Å²) >= 11 is 0. The van der Waals surface area contributed by atoms with Crippen molar-refractivity contribution in [3.63, 3.8) is 0 Å². The van der Waals surface area contributed by atoms with Gasteiger partial charge in [-0.25, -0.2) is 8.42 Å². The lowest BCUT2D eigenvalue weighted by Crippen LogP contribution is -2.49. The van der Waals surface area contributed by atoms with Crippen LogP contribution >= 0.6 is 0 Å². The lowest BCUT2D eigenvalue weighted by atomic mass is 10.3. The van der Waals surface area contributed by atoms with E-state index in [9.17, 15) is 8.42 Å². The molecule has 5 nitrogen and oxygen atoms in total. The number of piperazine rings is 1. The number of nitrogens with one attached hydrogen (secondary N) is 1. The minimum absolute atomic E-state index is 0.301. The molecule has 1 aliphatic heterocycles. The van der Waals surface area contributed by atoms with Gasteiger partial charge in [-0.05, 0) is 38.1 Å². The number of hydrogen-bond donors (Lipinski definition) is 1. The zero-order valence-electron chi connectivity index (χ0n) is 13.6. The van der Waals surface area contributed by atoms with Crippen LogP contribution in [0, 0.1) is 5.92 Å². The highest BCUT2D eigenvalue weighted by Crippen LogP contribution is 2.30. The highest BCUT2D eigenvalue weighted by atomic mass is 32.2. The first kappa shape index (κ1) is 17.2. The molecule has 0 spiro atoms. The van der Waals surface area contributed by atoms with Crippen molar-refractivity contribution < 1.29 is 8.42 Å². The molecule has 0 aromatic carbocycles. The van der Waals surface area contributed by atoms with Gasteiger partial charge in [0.25, 0.3) is 0 Å². The molecule has 0 unspecified atom stereocenters. The number of nitrogens with zero attached hydrogens (tertiary/aromatic N) is 2.